The van der Waals surface area contributed by atoms with E-state index in [1.807, 2.05) is 36.4 Å². The monoisotopic (exact) mass is 266 g/mol. The van der Waals surface area contributed by atoms with Crippen molar-refractivity contribution in [3.63, 3.8) is 0 Å². The number of halogens is 1. The number of para-hydroxylation sites is 1. The molecule has 1 aromatic rings. The Balaban J connectivity index is 2.52. The van der Waals surface area contributed by atoms with Crippen LogP contribution in [0, 0.1) is 5.92 Å². The predicted octanol–water partition coefficient (Wildman–Crippen LogP) is 4.21. The van der Waals surface area contributed by atoms with Gasteiger partial charge in [0, 0.05) is 5.92 Å². The zero-order valence-corrected chi connectivity index (χ0v) is 10.2. The third-order valence-corrected chi connectivity index (χ3v) is 2.75. The largest absolute Gasteiger partial charge is 0.492 e. The van der Waals surface area contributed by atoms with Crippen LogP contribution >= 0.6 is 15.9 Å². The highest BCUT2D eigenvalue weighted by molar-refractivity contribution is 9.10. The molecule has 0 saturated carbocycles. The molecule has 0 saturated heterocycles. The van der Waals surface area contributed by atoms with Crippen LogP contribution in [0.1, 0.15) is 6.42 Å². The van der Waals surface area contributed by atoms with Crippen molar-refractivity contribution >= 4 is 15.9 Å². The zero-order chi connectivity index (χ0) is 11.1. The first kappa shape index (κ1) is 12.1. The molecule has 0 fully saturated rings. The highest BCUT2D eigenvalue weighted by atomic mass is 79.9. The number of hydrogen-bond donors (Lipinski definition) is 0. The van der Waals surface area contributed by atoms with Crippen LogP contribution in [-0.2, 0) is 0 Å². The Labute approximate surface area is 99.6 Å². The van der Waals surface area contributed by atoms with Crippen LogP contribution in [0.25, 0.3) is 0 Å². The number of rotatable bonds is 6. The Hall–Kier alpha value is -1.02. The van der Waals surface area contributed by atoms with Gasteiger partial charge in [0.25, 0.3) is 0 Å². The van der Waals surface area contributed by atoms with Gasteiger partial charge in [-0.3, -0.25) is 0 Å². The number of benzene rings is 1. The Morgan fingerprint density at radius 1 is 1.33 bits per heavy atom. The maximum Gasteiger partial charge on any atom is 0.133 e. The first-order valence-electron chi connectivity index (χ1n) is 4.88. The molecule has 15 heavy (non-hydrogen) atoms. The van der Waals surface area contributed by atoms with E-state index in [9.17, 15) is 0 Å². The number of hydrogen-bond acceptors (Lipinski definition) is 1. The third kappa shape index (κ3) is 3.92. The number of ether oxygens (including phenoxy) is 1. The van der Waals surface area contributed by atoms with Crippen LogP contribution in [0.5, 0.6) is 5.75 Å². The van der Waals surface area contributed by atoms with E-state index >= 15 is 0 Å². The molecule has 0 aliphatic rings. The van der Waals surface area contributed by atoms with Crippen LogP contribution in [0.4, 0.5) is 0 Å². The Morgan fingerprint density at radius 3 is 2.67 bits per heavy atom. The molecule has 0 aliphatic heterocycles. The van der Waals surface area contributed by atoms with E-state index in [0.29, 0.717) is 12.5 Å². The lowest BCUT2D eigenvalue weighted by Gasteiger charge is -2.12. The topological polar surface area (TPSA) is 9.23 Å². The lowest BCUT2D eigenvalue weighted by Crippen LogP contribution is -2.08. The molecule has 1 rings (SSSR count). The van der Waals surface area contributed by atoms with Crippen LogP contribution < -0.4 is 4.74 Å². The molecular weight excluding hydrogens is 252 g/mol. The van der Waals surface area contributed by atoms with Gasteiger partial charge in [-0.15, -0.1) is 13.2 Å². The zero-order valence-electron chi connectivity index (χ0n) is 8.66. The fraction of sp³-hybridized carbons (Fsp3) is 0.231. The normalized spacial score (nSPS) is 11.8. The molecule has 1 nitrogen and oxygen atoms in total. The smallest absolute Gasteiger partial charge is 0.133 e. The summed E-state index contributed by atoms with van der Waals surface area (Å²) in [6, 6.07) is 7.83. The Kier molecular flexibility index (Phi) is 5.19. The van der Waals surface area contributed by atoms with Crippen molar-refractivity contribution in [3.05, 3.63) is 54.0 Å². The first-order valence-corrected chi connectivity index (χ1v) is 5.68. The Bertz CT molecular complexity index is 333. The standard InChI is InChI=1S/C13H15BrO/c1-3-7-11(4-2)10-15-13-9-6-5-8-12(13)14/h3-6,8-9,11H,1-2,7,10H2/t11-/m1/s1. The molecule has 0 amide bonds. The van der Waals surface area contributed by atoms with Crippen LogP contribution in [0.15, 0.2) is 54.0 Å². The van der Waals surface area contributed by atoms with Crippen LogP contribution in [0.3, 0.4) is 0 Å². The van der Waals surface area contributed by atoms with E-state index < -0.39 is 0 Å². The Morgan fingerprint density at radius 2 is 2.07 bits per heavy atom. The summed E-state index contributed by atoms with van der Waals surface area (Å²) < 4.78 is 6.65. The van der Waals surface area contributed by atoms with Gasteiger partial charge >= 0.3 is 0 Å². The number of allylic oxidation sites excluding steroid dienone is 1. The SMILES string of the molecule is C=CC[C@@H](C=C)COc1ccccc1Br. The average molecular weight is 267 g/mol. The fourth-order valence-corrected chi connectivity index (χ4v) is 1.60. The van der Waals surface area contributed by atoms with Gasteiger partial charge in [0.05, 0.1) is 11.1 Å². The third-order valence-electron chi connectivity index (χ3n) is 2.09. The second-order valence-electron chi connectivity index (χ2n) is 3.26. The maximum absolute atomic E-state index is 5.68. The molecule has 2 heteroatoms. The first-order chi connectivity index (χ1) is 7.27. The van der Waals surface area contributed by atoms with E-state index in [-0.39, 0.29) is 0 Å². The van der Waals surface area contributed by atoms with Gasteiger partial charge in [-0.2, -0.15) is 0 Å². The van der Waals surface area contributed by atoms with Crippen molar-refractivity contribution in [1.29, 1.82) is 0 Å². The highest BCUT2D eigenvalue weighted by Crippen LogP contribution is 2.24. The summed E-state index contributed by atoms with van der Waals surface area (Å²) >= 11 is 3.44. The van der Waals surface area contributed by atoms with Crippen molar-refractivity contribution in [2.24, 2.45) is 5.92 Å². The van der Waals surface area contributed by atoms with Gasteiger partial charge in [0.2, 0.25) is 0 Å². The molecule has 0 N–H and O–H groups in total. The van der Waals surface area contributed by atoms with Gasteiger partial charge in [0.1, 0.15) is 5.75 Å². The minimum absolute atomic E-state index is 0.328. The molecule has 80 valence electrons. The second kappa shape index (κ2) is 6.46. The van der Waals surface area contributed by atoms with Gasteiger partial charge in [-0.1, -0.05) is 24.3 Å². The molecule has 0 heterocycles. The quantitative estimate of drug-likeness (QED) is 0.702. The molecule has 1 aromatic carbocycles. The predicted molar refractivity (Wildman–Crippen MR) is 68.1 cm³/mol. The van der Waals surface area contributed by atoms with Crippen LogP contribution in [0.2, 0.25) is 0 Å². The van der Waals surface area contributed by atoms with Crippen molar-refractivity contribution in [1.82, 2.24) is 0 Å². The molecule has 0 bridgehead atoms. The van der Waals surface area contributed by atoms with Gasteiger partial charge in [0.15, 0.2) is 0 Å². The molecule has 1 atom stereocenters. The summed E-state index contributed by atoms with van der Waals surface area (Å²) in [6.45, 7) is 8.12. The lowest BCUT2D eigenvalue weighted by molar-refractivity contribution is 0.275. The molecule has 0 radical (unpaired) electrons. The summed E-state index contributed by atoms with van der Waals surface area (Å²) in [5.74, 6) is 1.20. The van der Waals surface area contributed by atoms with E-state index in [1.54, 1.807) is 0 Å². The van der Waals surface area contributed by atoms with Crippen molar-refractivity contribution in [3.8, 4) is 5.75 Å². The minimum Gasteiger partial charge on any atom is -0.492 e. The summed E-state index contributed by atoms with van der Waals surface area (Å²) in [5, 5.41) is 0. The molecular formula is C13H15BrO. The average Bonchev–Trinajstić information content (AvgIpc) is 2.26. The van der Waals surface area contributed by atoms with Crippen molar-refractivity contribution in [2.45, 2.75) is 6.42 Å². The van der Waals surface area contributed by atoms with Crippen molar-refractivity contribution in [2.75, 3.05) is 6.61 Å². The minimum atomic E-state index is 0.328. The van der Waals surface area contributed by atoms with Crippen molar-refractivity contribution < 1.29 is 4.74 Å². The van der Waals surface area contributed by atoms with E-state index in [0.717, 1.165) is 16.6 Å². The summed E-state index contributed by atoms with van der Waals surface area (Å²) in [5.41, 5.74) is 0. The summed E-state index contributed by atoms with van der Waals surface area (Å²) in [4.78, 5) is 0. The highest BCUT2D eigenvalue weighted by Gasteiger charge is 2.04. The second-order valence-corrected chi connectivity index (χ2v) is 4.12. The van der Waals surface area contributed by atoms with E-state index in [2.05, 4.69) is 29.1 Å². The molecule has 0 aromatic heterocycles. The maximum atomic E-state index is 5.68. The van der Waals surface area contributed by atoms with Gasteiger partial charge in [-0.25, -0.2) is 0 Å². The fourth-order valence-electron chi connectivity index (χ4n) is 1.20. The molecule has 0 aliphatic carbocycles. The van der Waals surface area contributed by atoms with Crippen LogP contribution in [-0.4, -0.2) is 6.61 Å². The molecule has 0 unspecified atom stereocenters. The van der Waals surface area contributed by atoms with Gasteiger partial charge in [-0.05, 0) is 34.5 Å². The lowest BCUT2D eigenvalue weighted by atomic mass is 10.1. The summed E-state index contributed by atoms with van der Waals surface area (Å²) in [6.07, 6.45) is 4.68. The molecule has 0 spiro atoms. The van der Waals surface area contributed by atoms with E-state index in [4.69, 9.17) is 4.74 Å². The van der Waals surface area contributed by atoms with Gasteiger partial charge < -0.3 is 4.74 Å². The summed E-state index contributed by atoms with van der Waals surface area (Å²) in [7, 11) is 0. The van der Waals surface area contributed by atoms with E-state index in [1.165, 1.54) is 0 Å².